The van der Waals surface area contributed by atoms with Gasteiger partial charge in [-0.2, -0.15) is 11.3 Å². The number of aliphatic hydroxyl groups is 1. The molecule has 11 heavy (non-hydrogen) atoms. The first-order valence-electron chi connectivity index (χ1n) is 3.70. The van der Waals surface area contributed by atoms with E-state index < -0.39 is 0 Å². The molecule has 2 nitrogen and oxygen atoms in total. The summed E-state index contributed by atoms with van der Waals surface area (Å²) in [5.74, 6) is 0. The average molecular weight is 171 g/mol. The van der Waals surface area contributed by atoms with Crippen LogP contribution in [0.1, 0.15) is 12.0 Å². The second-order valence-electron chi connectivity index (χ2n) is 2.61. The normalized spacial score (nSPS) is 13.3. The van der Waals surface area contributed by atoms with Crippen molar-refractivity contribution in [2.45, 2.75) is 18.9 Å². The van der Waals surface area contributed by atoms with Gasteiger partial charge in [-0.1, -0.05) is 0 Å². The summed E-state index contributed by atoms with van der Waals surface area (Å²) in [7, 11) is 0. The van der Waals surface area contributed by atoms with E-state index in [1.165, 1.54) is 5.56 Å². The fourth-order valence-electron chi connectivity index (χ4n) is 0.878. The van der Waals surface area contributed by atoms with Gasteiger partial charge in [-0.05, 0) is 35.2 Å². The molecule has 3 heteroatoms. The molecule has 0 fully saturated rings. The third-order valence-electron chi connectivity index (χ3n) is 1.62. The van der Waals surface area contributed by atoms with Crippen LogP contribution in [0, 0.1) is 0 Å². The summed E-state index contributed by atoms with van der Waals surface area (Å²) in [6, 6.07) is 2.03. The van der Waals surface area contributed by atoms with Gasteiger partial charge in [0.25, 0.3) is 0 Å². The molecule has 0 aromatic carbocycles. The minimum Gasteiger partial charge on any atom is -0.395 e. The van der Waals surface area contributed by atoms with Gasteiger partial charge in [0.05, 0.1) is 6.61 Å². The largest absolute Gasteiger partial charge is 0.395 e. The molecule has 0 saturated heterocycles. The molecule has 0 radical (unpaired) electrons. The second-order valence-corrected chi connectivity index (χ2v) is 3.39. The Hall–Kier alpha value is -0.380. The highest BCUT2D eigenvalue weighted by Crippen LogP contribution is 2.08. The summed E-state index contributed by atoms with van der Waals surface area (Å²) in [6.45, 7) is 0.0874. The summed E-state index contributed by atoms with van der Waals surface area (Å²) in [5.41, 5.74) is 6.86. The molecule has 1 aromatic rings. The summed E-state index contributed by atoms with van der Waals surface area (Å²) in [6.07, 6.45) is 1.85. The monoisotopic (exact) mass is 171 g/mol. The van der Waals surface area contributed by atoms with Gasteiger partial charge in [0.2, 0.25) is 0 Å². The average Bonchev–Trinajstić information content (AvgIpc) is 2.52. The third kappa shape index (κ3) is 3.01. The van der Waals surface area contributed by atoms with Gasteiger partial charge in [-0.3, -0.25) is 0 Å². The van der Waals surface area contributed by atoms with Gasteiger partial charge in [-0.15, -0.1) is 0 Å². The molecule has 0 aliphatic heterocycles. The highest BCUT2D eigenvalue weighted by atomic mass is 32.1. The highest BCUT2D eigenvalue weighted by Gasteiger charge is 2.00. The van der Waals surface area contributed by atoms with Crippen molar-refractivity contribution in [1.82, 2.24) is 0 Å². The molecule has 1 rings (SSSR count). The fourth-order valence-corrected chi connectivity index (χ4v) is 1.58. The maximum atomic E-state index is 8.64. The molecule has 0 amide bonds. The minimum atomic E-state index is -0.0603. The summed E-state index contributed by atoms with van der Waals surface area (Å²) >= 11 is 1.70. The molecule has 1 atom stereocenters. The van der Waals surface area contributed by atoms with Crippen molar-refractivity contribution in [3.05, 3.63) is 22.4 Å². The minimum absolute atomic E-state index is 0.0603. The van der Waals surface area contributed by atoms with Crippen LogP contribution in [-0.2, 0) is 6.42 Å². The third-order valence-corrected chi connectivity index (χ3v) is 2.35. The van der Waals surface area contributed by atoms with Crippen LogP contribution in [-0.4, -0.2) is 17.8 Å². The van der Waals surface area contributed by atoms with E-state index in [2.05, 4.69) is 16.8 Å². The lowest BCUT2D eigenvalue weighted by Gasteiger charge is -2.05. The van der Waals surface area contributed by atoms with E-state index in [0.29, 0.717) is 0 Å². The van der Waals surface area contributed by atoms with Crippen molar-refractivity contribution in [3.63, 3.8) is 0 Å². The van der Waals surface area contributed by atoms with E-state index in [4.69, 9.17) is 10.8 Å². The first kappa shape index (κ1) is 8.71. The Labute approximate surface area is 70.7 Å². The van der Waals surface area contributed by atoms with Gasteiger partial charge >= 0.3 is 0 Å². The lowest BCUT2D eigenvalue weighted by Crippen LogP contribution is -2.24. The summed E-state index contributed by atoms with van der Waals surface area (Å²) < 4.78 is 0. The van der Waals surface area contributed by atoms with Crippen LogP contribution in [0.2, 0.25) is 0 Å². The second kappa shape index (κ2) is 4.49. The van der Waals surface area contributed by atoms with Gasteiger partial charge in [0, 0.05) is 6.04 Å². The fraction of sp³-hybridized carbons (Fsp3) is 0.500. The maximum absolute atomic E-state index is 8.64. The Kier molecular flexibility index (Phi) is 3.56. The van der Waals surface area contributed by atoms with Crippen LogP contribution >= 0.6 is 11.3 Å². The maximum Gasteiger partial charge on any atom is 0.0582 e. The van der Waals surface area contributed by atoms with Crippen LogP contribution in [0.3, 0.4) is 0 Å². The van der Waals surface area contributed by atoms with Crippen LogP contribution in [0.15, 0.2) is 16.8 Å². The Bertz CT molecular complexity index is 186. The van der Waals surface area contributed by atoms with E-state index in [1.807, 2.05) is 0 Å². The molecule has 1 heterocycles. The van der Waals surface area contributed by atoms with Crippen LogP contribution < -0.4 is 5.73 Å². The van der Waals surface area contributed by atoms with Crippen molar-refractivity contribution < 1.29 is 5.11 Å². The Balaban J connectivity index is 2.23. The predicted molar refractivity (Wildman–Crippen MR) is 47.7 cm³/mol. The molecular formula is C8H13NOS. The molecule has 0 aliphatic carbocycles. The first-order chi connectivity index (χ1) is 5.33. The molecule has 1 aromatic heterocycles. The molecule has 0 spiro atoms. The molecule has 0 aliphatic rings. The standard InChI is InChI=1S/C8H13NOS/c9-8(5-10)2-1-7-3-4-11-6-7/h3-4,6,8,10H,1-2,5,9H2/t8-/m0/s1. The smallest absolute Gasteiger partial charge is 0.0582 e. The number of thiophene rings is 1. The van der Waals surface area contributed by atoms with E-state index >= 15 is 0 Å². The van der Waals surface area contributed by atoms with Gasteiger partial charge in [0.15, 0.2) is 0 Å². The number of aliphatic hydroxyl groups excluding tert-OH is 1. The van der Waals surface area contributed by atoms with Gasteiger partial charge < -0.3 is 10.8 Å². The van der Waals surface area contributed by atoms with Crippen LogP contribution in [0.25, 0.3) is 0 Å². The molecule has 3 N–H and O–H groups in total. The zero-order valence-corrected chi connectivity index (χ0v) is 7.18. The Morgan fingerprint density at radius 3 is 3.00 bits per heavy atom. The molecule has 0 bridgehead atoms. The zero-order chi connectivity index (χ0) is 8.10. The van der Waals surface area contributed by atoms with Crippen molar-refractivity contribution in [2.24, 2.45) is 5.73 Å². The van der Waals surface area contributed by atoms with Crippen molar-refractivity contribution in [3.8, 4) is 0 Å². The van der Waals surface area contributed by atoms with Gasteiger partial charge in [-0.25, -0.2) is 0 Å². The summed E-state index contributed by atoms with van der Waals surface area (Å²) in [4.78, 5) is 0. The van der Waals surface area contributed by atoms with E-state index in [0.717, 1.165) is 12.8 Å². The predicted octanol–water partition coefficient (Wildman–Crippen LogP) is 1.00. The lowest BCUT2D eigenvalue weighted by atomic mass is 10.1. The van der Waals surface area contributed by atoms with Crippen molar-refractivity contribution in [2.75, 3.05) is 6.61 Å². The number of hydrogen-bond donors (Lipinski definition) is 2. The zero-order valence-electron chi connectivity index (χ0n) is 6.36. The van der Waals surface area contributed by atoms with E-state index in [-0.39, 0.29) is 12.6 Å². The SMILES string of the molecule is N[C@H](CO)CCc1ccsc1. The lowest BCUT2D eigenvalue weighted by molar-refractivity contribution is 0.260. The first-order valence-corrected chi connectivity index (χ1v) is 4.64. The number of aryl methyl sites for hydroxylation is 1. The summed E-state index contributed by atoms with van der Waals surface area (Å²) in [5, 5.41) is 12.8. The van der Waals surface area contributed by atoms with E-state index in [1.54, 1.807) is 11.3 Å². The van der Waals surface area contributed by atoms with Crippen molar-refractivity contribution >= 4 is 11.3 Å². The molecule has 62 valence electrons. The van der Waals surface area contributed by atoms with E-state index in [9.17, 15) is 0 Å². The Morgan fingerprint density at radius 2 is 2.45 bits per heavy atom. The highest BCUT2D eigenvalue weighted by molar-refractivity contribution is 7.07. The van der Waals surface area contributed by atoms with Crippen LogP contribution in [0.4, 0.5) is 0 Å². The Morgan fingerprint density at radius 1 is 1.64 bits per heavy atom. The quantitative estimate of drug-likeness (QED) is 0.710. The number of rotatable bonds is 4. The number of hydrogen-bond acceptors (Lipinski definition) is 3. The molecule has 0 saturated carbocycles. The van der Waals surface area contributed by atoms with Crippen molar-refractivity contribution in [1.29, 1.82) is 0 Å². The van der Waals surface area contributed by atoms with Crippen LogP contribution in [0.5, 0.6) is 0 Å². The molecular weight excluding hydrogens is 158 g/mol. The number of nitrogens with two attached hydrogens (primary N) is 1. The topological polar surface area (TPSA) is 46.2 Å². The van der Waals surface area contributed by atoms with Gasteiger partial charge in [0.1, 0.15) is 0 Å². The molecule has 0 unspecified atom stereocenters.